The molecule has 0 saturated carbocycles. The Morgan fingerprint density at radius 2 is 2.12 bits per heavy atom. The molecule has 0 aliphatic heterocycles. The Labute approximate surface area is 100 Å². The van der Waals surface area contributed by atoms with Crippen LogP contribution in [-0.2, 0) is 0 Å². The molecular weight excluding hydrogens is 216 g/mol. The highest BCUT2D eigenvalue weighted by Gasteiger charge is 2.12. The maximum atomic E-state index is 12.0. The lowest BCUT2D eigenvalue weighted by Crippen LogP contribution is -2.03. The van der Waals surface area contributed by atoms with Crippen LogP contribution in [0, 0.1) is 5.92 Å². The molecule has 2 heteroatoms. The molecule has 0 radical (unpaired) electrons. The van der Waals surface area contributed by atoms with E-state index in [0.29, 0.717) is 12.3 Å². The lowest BCUT2D eigenvalue weighted by atomic mass is 10.0. The molecule has 84 valence electrons. The summed E-state index contributed by atoms with van der Waals surface area (Å²) in [6.07, 6.45) is 1.74. The molecular formula is C14H16OS. The number of hydrogen-bond acceptors (Lipinski definition) is 2. The number of Topliss-reactive ketones (excluding diaryl/α,β-unsaturated/α-hetero) is 1. The predicted octanol–water partition coefficient (Wildman–Crippen LogP) is 4.52. The van der Waals surface area contributed by atoms with Crippen LogP contribution < -0.4 is 0 Å². The fourth-order valence-electron chi connectivity index (χ4n) is 1.68. The van der Waals surface area contributed by atoms with Crippen molar-refractivity contribution in [2.24, 2.45) is 5.92 Å². The molecule has 0 aliphatic rings. The molecule has 0 fully saturated rings. The van der Waals surface area contributed by atoms with E-state index >= 15 is 0 Å². The van der Waals surface area contributed by atoms with E-state index in [1.165, 1.54) is 10.1 Å². The van der Waals surface area contributed by atoms with E-state index in [1.54, 1.807) is 11.3 Å². The van der Waals surface area contributed by atoms with Gasteiger partial charge in [-0.3, -0.25) is 4.79 Å². The molecule has 0 amide bonds. The molecule has 2 rings (SSSR count). The van der Waals surface area contributed by atoms with E-state index in [0.717, 1.165) is 11.3 Å². The van der Waals surface area contributed by atoms with Gasteiger partial charge in [-0.15, -0.1) is 11.3 Å². The predicted molar refractivity (Wildman–Crippen MR) is 70.2 cm³/mol. The summed E-state index contributed by atoms with van der Waals surface area (Å²) >= 11 is 1.61. The minimum absolute atomic E-state index is 0.288. The number of fused-ring (bicyclic) bond motifs is 1. The number of hydrogen-bond donors (Lipinski definition) is 0. The van der Waals surface area contributed by atoms with Crippen molar-refractivity contribution in [3.05, 3.63) is 35.2 Å². The first-order chi connectivity index (χ1) is 7.70. The van der Waals surface area contributed by atoms with Gasteiger partial charge in [-0.2, -0.15) is 0 Å². The molecule has 16 heavy (non-hydrogen) atoms. The normalized spacial score (nSPS) is 12.9. The van der Waals surface area contributed by atoms with Gasteiger partial charge in [0.25, 0.3) is 0 Å². The number of carbonyl (C=O) groups is 1. The molecule has 1 nitrogen and oxygen atoms in total. The number of rotatable bonds is 4. The molecule has 1 aromatic carbocycles. The zero-order valence-corrected chi connectivity index (χ0v) is 10.5. The van der Waals surface area contributed by atoms with Gasteiger partial charge in [-0.1, -0.05) is 38.5 Å². The van der Waals surface area contributed by atoms with Crippen molar-refractivity contribution in [3.63, 3.8) is 0 Å². The number of thiophene rings is 1. The lowest BCUT2D eigenvalue weighted by Gasteiger charge is -2.04. The van der Waals surface area contributed by atoms with E-state index in [-0.39, 0.29) is 5.78 Å². The van der Waals surface area contributed by atoms with Gasteiger partial charge < -0.3 is 0 Å². The van der Waals surface area contributed by atoms with Gasteiger partial charge in [0.2, 0.25) is 0 Å². The molecule has 0 bridgehead atoms. The summed E-state index contributed by atoms with van der Waals surface area (Å²) in [4.78, 5) is 12.9. The monoisotopic (exact) mass is 232 g/mol. The summed E-state index contributed by atoms with van der Waals surface area (Å²) in [5.41, 5.74) is 0. The fraction of sp³-hybridized carbons (Fsp3) is 0.357. The van der Waals surface area contributed by atoms with Crippen LogP contribution >= 0.6 is 11.3 Å². The van der Waals surface area contributed by atoms with Crippen LogP contribution in [0.15, 0.2) is 30.3 Å². The Kier molecular flexibility index (Phi) is 3.39. The Morgan fingerprint density at radius 1 is 1.38 bits per heavy atom. The quantitative estimate of drug-likeness (QED) is 0.708. The highest BCUT2D eigenvalue weighted by atomic mass is 32.1. The van der Waals surface area contributed by atoms with Crippen LogP contribution in [0.3, 0.4) is 0 Å². The third-order valence-electron chi connectivity index (χ3n) is 2.93. The number of carbonyl (C=O) groups excluding carboxylic acids is 1. The Bertz CT molecular complexity index is 465. The van der Waals surface area contributed by atoms with Crippen LogP contribution in [0.5, 0.6) is 0 Å². The number of ketones is 1. The van der Waals surface area contributed by atoms with Gasteiger partial charge in [0.15, 0.2) is 5.78 Å². The van der Waals surface area contributed by atoms with E-state index in [9.17, 15) is 4.79 Å². The molecule has 0 saturated heterocycles. The van der Waals surface area contributed by atoms with Crippen LogP contribution in [0.25, 0.3) is 10.1 Å². The molecule has 1 heterocycles. The van der Waals surface area contributed by atoms with Crippen LogP contribution in [-0.4, -0.2) is 5.78 Å². The second-order valence-electron chi connectivity index (χ2n) is 4.29. The van der Waals surface area contributed by atoms with Crippen molar-refractivity contribution in [2.45, 2.75) is 26.7 Å². The van der Waals surface area contributed by atoms with Gasteiger partial charge in [-0.25, -0.2) is 0 Å². The van der Waals surface area contributed by atoms with E-state index in [2.05, 4.69) is 26.0 Å². The summed E-state index contributed by atoms with van der Waals surface area (Å²) in [6.45, 7) is 4.26. The molecule has 1 unspecified atom stereocenters. The SMILES string of the molecule is CCC(C)CC(=O)c1cc2ccccc2s1. The average molecular weight is 232 g/mol. The van der Waals surface area contributed by atoms with Crippen LogP contribution in [0.2, 0.25) is 0 Å². The van der Waals surface area contributed by atoms with Gasteiger partial charge in [-0.05, 0) is 23.4 Å². The summed E-state index contributed by atoms with van der Waals surface area (Å²) in [6, 6.07) is 10.2. The zero-order chi connectivity index (χ0) is 11.5. The molecule has 2 aromatic rings. The molecule has 1 atom stereocenters. The Balaban J connectivity index is 2.23. The highest BCUT2D eigenvalue weighted by molar-refractivity contribution is 7.20. The minimum Gasteiger partial charge on any atom is -0.293 e. The average Bonchev–Trinajstić information content (AvgIpc) is 2.72. The van der Waals surface area contributed by atoms with Crippen molar-refractivity contribution >= 4 is 27.2 Å². The standard InChI is InChI=1S/C14H16OS/c1-3-10(2)8-12(15)14-9-11-6-4-5-7-13(11)16-14/h4-7,9-10H,3,8H2,1-2H3. The fourth-order valence-corrected chi connectivity index (χ4v) is 2.69. The largest absolute Gasteiger partial charge is 0.293 e. The minimum atomic E-state index is 0.288. The molecule has 1 aromatic heterocycles. The summed E-state index contributed by atoms with van der Waals surface area (Å²) in [5.74, 6) is 0.772. The first kappa shape index (κ1) is 11.3. The van der Waals surface area contributed by atoms with Crippen LogP contribution in [0.1, 0.15) is 36.4 Å². The van der Waals surface area contributed by atoms with Crippen molar-refractivity contribution < 1.29 is 4.79 Å². The second kappa shape index (κ2) is 4.79. The van der Waals surface area contributed by atoms with E-state index in [4.69, 9.17) is 0 Å². The highest BCUT2D eigenvalue weighted by Crippen LogP contribution is 2.27. The van der Waals surface area contributed by atoms with Crippen molar-refractivity contribution in [2.75, 3.05) is 0 Å². The molecule has 0 aliphatic carbocycles. The maximum absolute atomic E-state index is 12.0. The first-order valence-corrected chi connectivity index (χ1v) is 6.54. The van der Waals surface area contributed by atoms with Crippen LogP contribution in [0.4, 0.5) is 0 Å². The third-order valence-corrected chi connectivity index (χ3v) is 4.09. The zero-order valence-electron chi connectivity index (χ0n) is 9.69. The topological polar surface area (TPSA) is 17.1 Å². The third kappa shape index (κ3) is 2.33. The lowest BCUT2D eigenvalue weighted by molar-refractivity contribution is 0.0968. The second-order valence-corrected chi connectivity index (χ2v) is 5.37. The summed E-state index contributed by atoms with van der Waals surface area (Å²) in [5, 5.41) is 1.18. The number of benzene rings is 1. The first-order valence-electron chi connectivity index (χ1n) is 5.72. The Morgan fingerprint density at radius 3 is 2.81 bits per heavy atom. The summed E-state index contributed by atoms with van der Waals surface area (Å²) in [7, 11) is 0. The van der Waals surface area contributed by atoms with Crippen molar-refractivity contribution in [1.82, 2.24) is 0 Å². The summed E-state index contributed by atoms with van der Waals surface area (Å²) < 4.78 is 1.20. The van der Waals surface area contributed by atoms with Gasteiger partial charge >= 0.3 is 0 Å². The van der Waals surface area contributed by atoms with Gasteiger partial charge in [0.1, 0.15) is 0 Å². The molecule has 0 N–H and O–H groups in total. The van der Waals surface area contributed by atoms with E-state index < -0.39 is 0 Å². The van der Waals surface area contributed by atoms with Gasteiger partial charge in [0, 0.05) is 11.1 Å². The van der Waals surface area contributed by atoms with Gasteiger partial charge in [0.05, 0.1) is 4.88 Å². The maximum Gasteiger partial charge on any atom is 0.173 e. The van der Waals surface area contributed by atoms with E-state index in [1.807, 2.05) is 18.2 Å². The van der Waals surface area contributed by atoms with Crippen molar-refractivity contribution in [1.29, 1.82) is 0 Å². The smallest absolute Gasteiger partial charge is 0.173 e. The Hall–Kier alpha value is -1.15. The van der Waals surface area contributed by atoms with Crippen molar-refractivity contribution in [3.8, 4) is 0 Å². The molecule has 0 spiro atoms.